The van der Waals surface area contributed by atoms with Gasteiger partial charge in [-0.05, 0) is 231 Å². The highest BCUT2D eigenvalue weighted by molar-refractivity contribution is 14.1. The quantitative estimate of drug-likeness (QED) is 0.148. The first-order valence-electron chi connectivity index (χ1n) is 36.5. The number of aliphatic hydroxyl groups excluding tert-OH is 2. The number of alkyl halides is 1. The predicted octanol–water partition coefficient (Wildman–Crippen LogP) is 11.8. The van der Waals surface area contributed by atoms with Crippen LogP contribution < -0.4 is 0 Å². The second-order valence-corrected chi connectivity index (χ2v) is 39.4. The molecule has 0 aromatic heterocycles. The van der Waals surface area contributed by atoms with Crippen molar-refractivity contribution in [1.29, 1.82) is 0 Å². The van der Waals surface area contributed by atoms with Gasteiger partial charge >= 0.3 is 0 Å². The van der Waals surface area contributed by atoms with Crippen molar-refractivity contribution in [3.63, 3.8) is 0 Å². The smallest absolute Gasteiger partial charge is 0.223 e. The minimum absolute atomic E-state index is 0.00317. The van der Waals surface area contributed by atoms with Gasteiger partial charge in [0.15, 0.2) is 12.6 Å². The molecule has 12 aliphatic carbocycles. The molecule has 2 N–H and O–H groups in total. The summed E-state index contributed by atoms with van der Waals surface area (Å²) >= 11 is 2.47. The van der Waals surface area contributed by atoms with Crippen LogP contribution in [-0.4, -0.2) is 157 Å². The van der Waals surface area contributed by atoms with E-state index in [1.807, 2.05) is 9.80 Å². The molecule has 0 aromatic rings. The largest absolute Gasteiger partial charge is 0.390 e. The number of carbonyl (C=O) groups excluding carboxylic acids is 2. The first kappa shape index (κ1) is 64.3. The molecule has 16 rings (SSSR count). The van der Waals surface area contributed by atoms with Gasteiger partial charge < -0.3 is 48.4 Å². The molecule has 2 amide bonds. The zero-order chi connectivity index (χ0) is 62.8. The van der Waals surface area contributed by atoms with Gasteiger partial charge in [0.05, 0.1) is 80.9 Å². The Morgan fingerprint density at radius 3 is 1.35 bits per heavy atom. The van der Waals surface area contributed by atoms with Crippen LogP contribution in [0.5, 0.6) is 0 Å². The van der Waals surface area contributed by atoms with Gasteiger partial charge in [-0.25, -0.2) is 8.42 Å². The lowest BCUT2D eigenvalue weighted by Crippen LogP contribution is -2.60. The molecule has 16 aliphatic rings. The number of aliphatic hydroxyl groups is 2. The molecule has 16 heteroatoms. The van der Waals surface area contributed by atoms with Crippen molar-refractivity contribution in [3.05, 3.63) is 0 Å². The van der Waals surface area contributed by atoms with E-state index >= 15 is 0 Å². The van der Waals surface area contributed by atoms with Gasteiger partial charge in [0.25, 0.3) is 0 Å². The SMILES string of the molecule is C[C@@H]1C[C@H](CI)O[C@H]2[C@H]1[C@@]1(C)CC[C@@]34C[C@@]35CCC(O[C@H]3CN(C(=O)CC6CC6)CCO3)C(C)(C)[C@@H]5CC[C@H]4[C@]1(C)[C@H]2O.C[C@@H]1C[C@H](CS(C)(=O)=O)O[C@H]2[C@H]1[C@@]1(C)CC[C@@]34C[C@@]35CCC(O[C@H]3CN(C(=O)CC6CC6)CCO3)C(C)(C)[C@@H]5CC[C@H]4[C@]1(C)[C@H]2O. The van der Waals surface area contributed by atoms with Gasteiger partial charge in [0.1, 0.15) is 9.84 Å². The zero-order valence-electron chi connectivity index (χ0n) is 56.4. The third-order valence-corrected chi connectivity index (χ3v) is 34.0. The highest BCUT2D eigenvalue weighted by atomic mass is 127. The summed E-state index contributed by atoms with van der Waals surface area (Å²) in [6.45, 7) is 28.0. The van der Waals surface area contributed by atoms with Crippen LogP contribution in [0.25, 0.3) is 0 Å². The van der Waals surface area contributed by atoms with Gasteiger partial charge in [-0.3, -0.25) is 9.59 Å². The number of hydrogen-bond acceptors (Lipinski definition) is 12. The Kier molecular flexibility index (Phi) is 15.6. The number of rotatable bonds is 11. The van der Waals surface area contributed by atoms with Crippen molar-refractivity contribution < 1.29 is 56.6 Å². The van der Waals surface area contributed by atoms with E-state index in [9.17, 15) is 28.2 Å². The maximum atomic E-state index is 12.9. The van der Waals surface area contributed by atoms with E-state index in [4.69, 9.17) is 28.4 Å². The molecule has 0 radical (unpaired) electrons. The topological polar surface area (TPSA) is 171 Å². The van der Waals surface area contributed by atoms with Crippen LogP contribution in [0.3, 0.4) is 0 Å². The van der Waals surface area contributed by atoms with Crippen LogP contribution in [0.2, 0.25) is 0 Å². The summed E-state index contributed by atoms with van der Waals surface area (Å²) in [4.78, 5) is 29.7. The molecule has 0 bridgehead atoms. The summed E-state index contributed by atoms with van der Waals surface area (Å²) < 4.78 is 64.7. The monoisotopic (exact) mass is 1370 g/mol. The number of nitrogens with zero attached hydrogens (tertiary/aromatic N) is 2. The van der Waals surface area contributed by atoms with E-state index < -0.39 is 15.9 Å². The Balaban J connectivity index is 0.000000149. The number of ether oxygens (including phenoxy) is 6. The molecule has 4 spiro atoms. The highest BCUT2D eigenvalue weighted by Crippen LogP contribution is 2.91. The standard InChI is InChI=1S/C37H59NO7S.C36H56INO5/c1-22-17-24(20-46(6,41)42)44-31-30(22)34(4)13-14-37-21-36(37)12-11-27(33(2,3)25(36)9-10-26(37)35(34,5)32(31)40)45-29-19-38(15-16-43-29)28(39)18-23-7-8-23;1-21-16-23(18-37)42-30-29(21)33(4)12-13-36-20-35(36)11-10-26(32(2,3)24(35)8-9-25(36)34(33,5)31(30)40)43-28-19-38(14-15-41-28)27(39)17-22-6-7-22/h22-27,29-32,40H,7-21H2,1-6H3;21-26,28-31,40H,6-20H2,1-5H3/t22-,24-,25+,26+,27?,29+,30+,31+,32+,34-,35-,36-,37+;21-,23-,24+,25+,26?,28+,29+,30+,31+,33-,34-,35-,36+/m11/s1. The fourth-order valence-corrected chi connectivity index (χ4v) is 28.9. The molecule has 12 saturated carbocycles. The maximum Gasteiger partial charge on any atom is 0.223 e. The Morgan fingerprint density at radius 2 is 0.944 bits per heavy atom. The predicted molar refractivity (Wildman–Crippen MR) is 348 cm³/mol. The molecule has 502 valence electrons. The van der Waals surface area contributed by atoms with Crippen LogP contribution in [0.1, 0.15) is 210 Å². The molecule has 16 fully saturated rings. The van der Waals surface area contributed by atoms with Crippen molar-refractivity contribution in [1.82, 2.24) is 9.80 Å². The van der Waals surface area contributed by atoms with Crippen LogP contribution in [0, 0.1) is 113 Å². The Labute approximate surface area is 548 Å². The fourth-order valence-electron chi connectivity index (χ4n) is 27.4. The summed E-state index contributed by atoms with van der Waals surface area (Å²) in [5.41, 5.74) is 1.11. The lowest BCUT2D eigenvalue weighted by Gasteiger charge is -2.64. The summed E-state index contributed by atoms with van der Waals surface area (Å²) in [6.07, 6.45) is 24.4. The number of halogens is 1. The Bertz CT molecular complexity index is 2890. The fraction of sp³-hybridized carbons (Fsp3) is 0.973. The molecular weight excluding hydrogens is 1260 g/mol. The van der Waals surface area contributed by atoms with Crippen LogP contribution in [-0.2, 0) is 47.8 Å². The second kappa shape index (κ2) is 21.6. The summed E-state index contributed by atoms with van der Waals surface area (Å²) in [5.74, 6) is 5.65. The normalized spacial score (nSPS) is 53.7. The van der Waals surface area contributed by atoms with Crippen molar-refractivity contribution >= 4 is 44.2 Å². The third-order valence-electron chi connectivity index (χ3n) is 32.0. The number of amides is 2. The van der Waals surface area contributed by atoms with Crippen LogP contribution in [0.4, 0.5) is 0 Å². The van der Waals surface area contributed by atoms with Gasteiger partial charge in [-0.2, -0.15) is 0 Å². The average molecular weight is 1370 g/mol. The third kappa shape index (κ3) is 9.37. The summed E-state index contributed by atoms with van der Waals surface area (Å²) in [6, 6.07) is 0. The van der Waals surface area contributed by atoms with E-state index in [1.54, 1.807) is 0 Å². The van der Waals surface area contributed by atoms with E-state index in [0.717, 1.165) is 49.4 Å². The maximum absolute atomic E-state index is 12.9. The van der Waals surface area contributed by atoms with Gasteiger partial charge in [-0.1, -0.05) is 91.8 Å². The van der Waals surface area contributed by atoms with Gasteiger partial charge in [-0.15, -0.1) is 0 Å². The Hall–Kier alpha value is -0.700. The molecule has 2 unspecified atom stereocenters. The van der Waals surface area contributed by atoms with Gasteiger partial charge in [0.2, 0.25) is 11.8 Å². The highest BCUT2D eigenvalue weighted by Gasteiger charge is 2.87. The number of hydrogen-bond donors (Lipinski definition) is 2. The summed E-state index contributed by atoms with van der Waals surface area (Å²) in [5, 5.41) is 24.6. The number of sulfone groups is 1. The van der Waals surface area contributed by atoms with Crippen molar-refractivity contribution in [2.45, 2.75) is 272 Å². The Morgan fingerprint density at radius 1 is 0.551 bits per heavy atom. The summed E-state index contributed by atoms with van der Waals surface area (Å²) in [7, 11) is -3.16. The van der Waals surface area contributed by atoms with E-state index in [-0.39, 0.29) is 117 Å². The van der Waals surface area contributed by atoms with E-state index in [1.165, 1.54) is 89.7 Å². The second-order valence-electron chi connectivity index (χ2n) is 36.3. The number of fused-ring (bicyclic) bond motifs is 8. The zero-order valence-corrected chi connectivity index (χ0v) is 59.4. The minimum Gasteiger partial charge on any atom is -0.390 e. The number of morpholine rings is 2. The van der Waals surface area contributed by atoms with Crippen molar-refractivity contribution in [2.75, 3.05) is 55.8 Å². The minimum atomic E-state index is -3.16. The lowest BCUT2D eigenvalue weighted by atomic mass is 9.41. The van der Waals surface area contributed by atoms with E-state index in [2.05, 4.69) is 91.8 Å². The van der Waals surface area contributed by atoms with E-state index in [0.29, 0.717) is 122 Å². The number of carbonyl (C=O) groups is 2. The van der Waals surface area contributed by atoms with Crippen molar-refractivity contribution in [3.8, 4) is 0 Å². The molecule has 4 saturated heterocycles. The lowest BCUT2D eigenvalue weighted by molar-refractivity contribution is -0.248. The molecule has 0 aromatic carbocycles. The molecule has 89 heavy (non-hydrogen) atoms. The van der Waals surface area contributed by atoms with Crippen LogP contribution >= 0.6 is 22.6 Å². The van der Waals surface area contributed by atoms with Crippen molar-refractivity contribution in [2.24, 2.45) is 113 Å². The van der Waals surface area contributed by atoms with Crippen LogP contribution in [0.15, 0.2) is 0 Å². The molecule has 14 nitrogen and oxygen atoms in total. The molecule has 26 atom stereocenters. The molecule has 4 aliphatic heterocycles. The first-order valence-corrected chi connectivity index (χ1v) is 40.1. The average Bonchev–Trinajstić information content (AvgIpc) is 1.47. The molecular formula is C73H115IN2O12S. The van der Waals surface area contributed by atoms with Gasteiger partial charge in [0, 0.05) is 47.4 Å². The first-order chi connectivity index (χ1) is 42.0. The molecule has 4 heterocycles.